The van der Waals surface area contributed by atoms with E-state index in [2.05, 4.69) is 41.8 Å². The molecule has 4 aliphatic rings. The van der Waals surface area contributed by atoms with Gasteiger partial charge in [-0.2, -0.15) is 5.06 Å². The van der Waals surface area contributed by atoms with E-state index in [4.69, 9.17) is 23.8 Å². The average Bonchev–Trinajstić information content (AvgIpc) is 3.58. The van der Waals surface area contributed by atoms with Crippen LogP contribution in [0.25, 0.3) is 0 Å². The van der Waals surface area contributed by atoms with Crippen molar-refractivity contribution in [2.24, 2.45) is 5.41 Å². The van der Waals surface area contributed by atoms with Gasteiger partial charge in [-0.15, -0.1) is 0 Å². The lowest BCUT2D eigenvalue weighted by Crippen LogP contribution is -2.70. The van der Waals surface area contributed by atoms with E-state index in [1.54, 1.807) is 25.8 Å². The third-order valence-corrected chi connectivity index (χ3v) is 11.0. The van der Waals surface area contributed by atoms with E-state index >= 15 is 0 Å². The zero-order valence-electron chi connectivity index (χ0n) is 29.0. The van der Waals surface area contributed by atoms with Gasteiger partial charge in [-0.3, -0.25) is 19.2 Å². The molecule has 1 aliphatic carbocycles. The molecule has 1 saturated carbocycles. The van der Waals surface area contributed by atoms with Crippen molar-refractivity contribution in [2.75, 3.05) is 6.61 Å². The Kier molecular flexibility index (Phi) is 12.2. The van der Waals surface area contributed by atoms with Crippen LogP contribution in [0.1, 0.15) is 111 Å². The first kappa shape index (κ1) is 37.4. The number of halogens is 1. The number of fused-ring (bicyclic) bond motifs is 4. The summed E-state index contributed by atoms with van der Waals surface area (Å²) >= 11 is 2.26. The third-order valence-electron chi connectivity index (χ3n) is 9.95. The summed E-state index contributed by atoms with van der Waals surface area (Å²) in [5.41, 5.74) is -1.07. The van der Waals surface area contributed by atoms with E-state index in [0.717, 1.165) is 47.7 Å². The number of rotatable bonds is 16. The summed E-state index contributed by atoms with van der Waals surface area (Å²) in [6.07, 6.45) is 5.09. The molecule has 5 rings (SSSR count). The number of hydrogen-bond donors (Lipinski definition) is 2. The maximum Gasteiger partial charge on any atom is 0.327 e. The van der Waals surface area contributed by atoms with Gasteiger partial charge in [0.15, 0.2) is 11.8 Å². The lowest BCUT2D eigenvalue weighted by atomic mass is 9.62. The van der Waals surface area contributed by atoms with E-state index in [9.17, 15) is 19.5 Å². The highest BCUT2D eigenvalue weighted by molar-refractivity contribution is 14.1. The van der Waals surface area contributed by atoms with Gasteiger partial charge in [0.25, 0.3) is 0 Å². The van der Waals surface area contributed by atoms with Gasteiger partial charge in [0, 0.05) is 29.3 Å². The maximum atomic E-state index is 14.7. The van der Waals surface area contributed by atoms with E-state index < -0.39 is 71.1 Å². The van der Waals surface area contributed by atoms with Crippen LogP contribution in [0, 0.1) is 8.99 Å². The van der Waals surface area contributed by atoms with Gasteiger partial charge in [0.1, 0.15) is 35.4 Å². The Morgan fingerprint density at radius 2 is 1.75 bits per heavy atom. The number of benzene rings is 1. The minimum atomic E-state index is -1.37. The van der Waals surface area contributed by atoms with E-state index in [-0.39, 0.29) is 32.4 Å². The topological polar surface area (TPSA) is 133 Å². The number of ether oxygens (including phenoxy) is 4. The molecule has 3 heterocycles. The summed E-state index contributed by atoms with van der Waals surface area (Å²) in [6, 6.07) is 6.05. The number of amides is 1. The van der Waals surface area contributed by atoms with Crippen molar-refractivity contribution < 1.29 is 43.3 Å². The molecule has 7 unspecified atom stereocenters. The Labute approximate surface area is 298 Å². The first-order chi connectivity index (χ1) is 22.9. The fourth-order valence-corrected chi connectivity index (χ4v) is 8.26. The molecular weight excluding hydrogens is 731 g/mol. The number of unbranched alkanes of at least 4 members (excludes halogenated alkanes) is 4. The van der Waals surface area contributed by atoms with Crippen LogP contribution in [-0.2, 0) is 44.7 Å². The van der Waals surface area contributed by atoms with Crippen molar-refractivity contribution in [3.63, 3.8) is 0 Å². The molecule has 4 fully saturated rings. The highest BCUT2D eigenvalue weighted by Gasteiger charge is 2.76. The summed E-state index contributed by atoms with van der Waals surface area (Å²) in [4.78, 5) is 47.8. The Morgan fingerprint density at radius 3 is 2.38 bits per heavy atom. The first-order valence-electron chi connectivity index (χ1n) is 17.7. The Hall–Kier alpha value is -1.84. The van der Waals surface area contributed by atoms with E-state index in [1.165, 1.54) is 0 Å². The zero-order valence-corrected chi connectivity index (χ0v) is 31.2. The fraction of sp³-hybridized carbons (Fsp3) is 0.750. The quantitative estimate of drug-likeness (QED) is 0.129. The van der Waals surface area contributed by atoms with Crippen molar-refractivity contribution >= 4 is 40.4 Å². The molecule has 12 heteroatoms. The minimum absolute atomic E-state index is 0.0159. The van der Waals surface area contributed by atoms with Gasteiger partial charge < -0.3 is 29.4 Å². The van der Waals surface area contributed by atoms with Crippen molar-refractivity contribution in [1.82, 2.24) is 10.4 Å². The number of nitrogens with one attached hydrogen (secondary N) is 1. The Balaban J connectivity index is 1.47. The van der Waals surface area contributed by atoms with Gasteiger partial charge >= 0.3 is 11.9 Å². The molecule has 0 spiro atoms. The van der Waals surface area contributed by atoms with Gasteiger partial charge in [-0.25, -0.2) is 0 Å². The number of hydrogen-bond acceptors (Lipinski definition) is 10. The second-order valence-corrected chi connectivity index (χ2v) is 15.9. The van der Waals surface area contributed by atoms with Crippen LogP contribution in [0.4, 0.5) is 0 Å². The van der Waals surface area contributed by atoms with E-state index in [0.29, 0.717) is 12.8 Å². The fourth-order valence-electron chi connectivity index (χ4n) is 7.70. The molecular formula is C36H53IN2O9. The van der Waals surface area contributed by atoms with Crippen LogP contribution in [-0.4, -0.2) is 82.5 Å². The standard InChI is InChI=1S/C36H53IN2O9/c1-6-8-12-18-35(19-13-9-7-2)46-28-26-20-36(33(43)38-24(22-40)16-17-27(41)45-34(3,4)5)30(32(42)44-26)39(48-31(36)29(28)47-35)21-23-14-10-11-15-25(23)37/h10-11,14-15,24,26,28-31,40H,6-9,12-13,16-22H2,1-5H3,(H,38,43). The predicted molar refractivity (Wildman–Crippen MR) is 185 cm³/mol. The minimum Gasteiger partial charge on any atom is -0.460 e. The number of carbonyl (C=O) groups excluding carboxylic acids is 3. The van der Waals surface area contributed by atoms with Crippen LogP contribution in [0.5, 0.6) is 0 Å². The van der Waals surface area contributed by atoms with Crippen LogP contribution in [0.15, 0.2) is 24.3 Å². The monoisotopic (exact) mass is 784 g/mol. The van der Waals surface area contributed by atoms with Crippen molar-refractivity contribution in [3.05, 3.63) is 33.4 Å². The molecule has 1 aromatic rings. The van der Waals surface area contributed by atoms with Gasteiger partial charge in [0.05, 0.1) is 19.2 Å². The van der Waals surface area contributed by atoms with Crippen LogP contribution < -0.4 is 5.32 Å². The Bertz CT molecular complexity index is 1290. The highest BCUT2D eigenvalue weighted by atomic mass is 127. The predicted octanol–water partition coefficient (Wildman–Crippen LogP) is 5.33. The summed E-state index contributed by atoms with van der Waals surface area (Å²) < 4.78 is 26.3. The van der Waals surface area contributed by atoms with Crippen LogP contribution in [0.2, 0.25) is 0 Å². The molecule has 1 aromatic carbocycles. The summed E-state index contributed by atoms with van der Waals surface area (Å²) in [5.74, 6) is -2.24. The van der Waals surface area contributed by atoms with Crippen molar-refractivity contribution in [2.45, 2.75) is 160 Å². The third kappa shape index (κ3) is 7.88. The number of aliphatic hydroxyl groups excluding tert-OH is 1. The molecule has 3 saturated heterocycles. The molecule has 0 radical (unpaired) electrons. The smallest absolute Gasteiger partial charge is 0.327 e. The second kappa shape index (κ2) is 15.6. The second-order valence-electron chi connectivity index (χ2n) is 14.8. The zero-order chi connectivity index (χ0) is 34.7. The number of aliphatic hydroxyl groups is 1. The van der Waals surface area contributed by atoms with E-state index in [1.807, 2.05) is 24.3 Å². The molecule has 1 amide bonds. The summed E-state index contributed by atoms with van der Waals surface area (Å²) in [6.45, 7) is 9.57. The van der Waals surface area contributed by atoms with Gasteiger partial charge in [0.2, 0.25) is 5.91 Å². The number of carbonyl (C=O) groups is 3. The largest absolute Gasteiger partial charge is 0.460 e. The van der Waals surface area contributed by atoms with Crippen molar-refractivity contribution in [1.29, 1.82) is 0 Å². The lowest BCUT2D eigenvalue weighted by molar-refractivity contribution is -0.224. The number of esters is 2. The molecule has 2 N–H and O–H groups in total. The van der Waals surface area contributed by atoms with Crippen LogP contribution in [0.3, 0.4) is 0 Å². The van der Waals surface area contributed by atoms with Crippen LogP contribution >= 0.6 is 22.6 Å². The molecule has 2 bridgehead atoms. The molecule has 0 aromatic heterocycles. The lowest BCUT2D eigenvalue weighted by Gasteiger charge is -2.49. The highest BCUT2D eigenvalue weighted by Crippen LogP contribution is 2.58. The molecule has 3 aliphatic heterocycles. The van der Waals surface area contributed by atoms with Gasteiger partial charge in [-0.1, -0.05) is 57.7 Å². The molecule has 11 nitrogen and oxygen atoms in total. The average molecular weight is 785 g/mol. The SMILES string of the molecule is CCCCCC1(CCCCC)OC2C3CC4(C(=O)NC(CO)CCC(=O)OC(C)(C)C)C(ON(Cc5ccccc5I)C4C(=O)O3)C2O1. The first-order valence-corrected chi connectivity index (χ1v) is 18.8. The molecule has 48 heavy (non-hydrogen) atoms. The number of nitrogens with zero attached hydrogens (tertiary/aromatic N) is 1. The summed E-state index contributed by atoms with van der Waals surface area (Å²) in [5, 5.41) is 14.9. The molecule has 7 atom stereocenters. The summed E-state index contributed by atoms with van der Waals surface area (Å²) in [7, 11) is 0. The number of hydroxylamine groups is 2. The normalized spacial score (nSPS) is 29.6. The molecule has 268 valence electrons. The maximum absolute atomic E-state index is 14.7. The van der Waals surface area contributed by atoms with Gasteiger partial charge in [-0.05, 0) is 74.3 Å². The van der Waals surface area contributed by atoms with Crippen molar-refractivity contribution in [3.8, 4) is 0 Å². The Morgan fingerprint density at radius 1 is 1.08 bits per heavy atom.